The zero-order valence-electron chi connectivity index (χ0n) is 13.2. The number of morpholine rings is 1. The second-order valence-corrected chi connectivity index (χ2v) is 5.64. The van der Waals surface area contributed by atoms with Crippen LogP contribution in [0.1, 0.15) is 12.1 Å². The van der Waals surface area contributed by atoms with Crippen molar-refractivity contribution >= 4 is 22.6 Å². The molecule has 1 aromatic carbocycles. The Balaban J connectivity index is 1.93. The molecule has 122 valence electrons. The maximum Gasteiger partial charge on any atom is 0.308 e. The third kappa shape index (κ3) is 3.27. The van der Waals surface area contributed by atoms with E-state index in [-0.39, 0.29) is 24.3 Å². The molecule has 1 aliphatic heterocycles. The molecule has 1 saturated heterocycles. The molecule has 0 amide bonds. The number of carbonyl (C=O) groups excluding carboxylic acids is 1. The van der Waals surface area contributed by atoms with Gasteiger partial charge in [0.25, 0.3) is 0 Å². The summed E-state index contributed by atoms with van der Waals surface area (Å²) in [4.78, 5) is 17.9. The first-order valence-electron chi connectivity index (χ1n) is 7.57. The first-order valence-corrected chi connectivity index (χ1v) is 7.57. The number of carbonyl (C=O) groups is 1. The number of anilines is 1. The fraction of sp³-hybridized carbons (Fsp3) is 0.412. The van der Waals surface area contributed by atoms with Crippen LogP contribution in [0.4, 0.5) is 10.1 Å². The van der Waals surface area contributed by atoms with Gasteiger partial charge in [-0.2, -0.15) is 0 Å². The number of fused-ring (bicyclic) bond motifs is 1. The Kier molecular flexibility index (Phi) is 4.43. The van der Waals surface area contributed by atoms with E-state index < -0.39 is 0 Å². The van der Waals surface area contributed by atoms with Crippen LogP contribution in [0.2, 0.25) is 0 Å². The second kappa shape index (κ2) is 6.50. The van der Waals surface area contributed by atoms with Crippen LogP contribution in [0.5, 0.6) is 0 Å². The molecule has 0 spiro atoms. The van der Waals surface area contributed by atoms with Crippen molar-refractivity contribution in [3.05, 3.63) is 35.8 Å². The maximum absolute atomic E-state index is 14.0. The summed E-state index contributed by atoms with van der Waals surface area (Å²) in [6, 6.07) is 6.91. The van der Waals surface area contributed by atoms with Gasteiger partial charge in [-0.15, -0.1) is 0 Å². The third-order valence-electron chi connectivity index (χ3n) is 4.00. The Morgan fingerprint density at radius 2 is 2.35 bits per heavy atom. The zero-order chi connectivity index (χ0) is 16.4. The van der Waals surface area contributed by atoms with Crippen LogP contribution in [-0.4, -0.2) is 43.9 Å². The molecule has 1 fully saturated rings. The van der Waals surface area contributed by atoms with E-state index in [2.05, 4.69) is 9.88 Å². The molecule has 0 aliphatic carbocycles. The number of ether oxygens (including phenoxy) is 2. The van der Waals surface area contributed by atoms with Crippen molar-refractivity contribution in [3.8, 4) is 0 Å². The number of pyridine rings is 1. The smallest absolute Gasteiger partial charge is 0.308 e. The topological polar surface area (TPSA) is 51.7 Å². The van der Waals surface area contributed by atoms with Gasteiger partial charge in [0, 0.05) is 29.9 Å². The minimum Gasteiger partial charge on any atom is -0.469 e. The molecule has 2 heterocycles. The molecule has 0 N–H and O–H groups in total. The van der Waals surface area contributed by atoms with E-state index in [9.17, 15) is 9.18 Å². The van der Waals surface area contributed by atoms with E-state index in [4.69, 9.17) is 9.47 Å². The lowest BCUT2D eigenvalue weighted by Crippen LogP contribution is -2.43. The second-order valence-electron chi connectivity index (χ2n) is 5.64. The van der Waals surface area contributed by atoms with Crippen LogP contribution in [0, 0.1) is 12.7 Å². The van der Waals surface area contributed by atoms with Gasteiger partial charge in [0.15, 0.2) is 0 Å². The van der Waals surface area contributed by atoms with Crippen molar-refractivity contribution in [3.63, 3.8) is 0 Å². The number of hydrogen-bond acceptors (Lipinski definition) is 5. The van der Waals surface area contributed by atoms with Gasteiger partial charge < -0.3 is 14.4 Å². The minimum absolute atomic E-state index is 0.212. The molecule has 0 radical (unpaired) electrons. The molecule has 6 heteroatoms. The van der Waals surface area contributed by atoms with Gasteiger partial charge in [-0.05, 0) is 19.1 Å². The van der Waals surface area contributed by atoms with Gasteiger partial charge in [0.05, 0.1) is 26.2 Å². The number of benzene rings is 1. The van der Waals surface area contributed by atoms with E-state index in [0.29, 0.717) is 25.2 Å². The third-order valence-corrected chi connectivity index (χ3v) is 4.00. The van der Waals surface area contributed by atoms with E-state index in [1.807, 2.05) is 19.1 Å². The first kappa shape index (κ1) is 15.7. The minimum atomic E-state index is -0.327. The monoisotopic (exact) mass is 318 g/mol. The molecule has 3 rings (SSSR count). The van der Waals surface area contributed by atoms with Gasteiger partial charge in [-0.25, -0.2) is 9.37 Å². The Bertz CT molecular complexity index is 735. The first-order chi connectivity index (χ1) is 11.1. The van der Waals surface area contributed by atoms with Crippen LogP contribution >= 0.6 is 0 Å². The predicted molar refractivity (Wildman–Crippen MR) is 85.0 cm³/mol. The predicted octanol–water partition coefficient (Wildman–Crippen LogP) is 2.45. The fourth-order valence-electron chi connectivity index (χ4n) is 2.91. The highest BCUT2D eigenvalue weighted by Gasteiger charge is 2.25. The molecule has 1 aliphatic rings. The van der Waals surface area contributed by atoms with E-state index >= 15 is 0 Å². The molecule has 0 saturated carbocycles. The van der Waals surface area contributed by atoms with Crippen molar-refractivity contribution < 1.29 is 18.7 Å². The van der Waals surface area contributed by atoms with Crippen molar-refractivity contribution in [2.24, 2.45) is 0 Å². The Labute approximate surface area is 134 Å². The number of aromatic nitrogens is 1. The fourth-order valence-corrected chi connectivity index (χ4v) is 2.91. The summed E-state index contributed by atoms with van der Waals surface area (Å²) < 4.78 is 24.4. The number of methoxy groups -OCH3 is 1. The molecule has 5 nitrogen and oxygen atoms in total. The normalized spacial score (nSPS) is 18.2. The average Bonchev–Trinajstić information content (AvgIpc) is 2.55. The Hall–Kier alpha value is -2.21. The molecule has 2 aromatic rings. The van der Waals surface area contributed by atoms with Crippen molar-refractivity contribution in [1.29, 1.82) is 0 Å². The quantitative estimate of drug-likeness (QED) is 0.814. The SMILES string of the molecule is COC(=O)CC1CN(c2cc(C)nc3c(F)cccc23)CCO1. The van der Waals surface area contributed by atoms with Crippen LogP contribution in [0.25, 0.3) is 10.9 Å². The van der Waals surface area contributed by atoms with Gasteiger partial charge >= 0.3 is 5.97 Å². The summed E-state index contributed by atoms with van der Waals surface area (Å²) >= 11 is 0. The van der Waals surface area contributed by atoms with Crippen molar-refractivity contribution in [1.82, 2.24) is 4.98 Å². The lowest BCUT2D eigenvalue weighted by Gasteiger charge is -2.34. The van der Waals surface area contributed by atoms with Crippen LogP contribution in [0.3, 0.4) is 0 Å². The molecule has 0 bridgehead atoms. The van der Waals surface area contributed by atoms with Gasteiger partial charge in [0.2, 0.25) is 0 Å². The summed E-state index contributed by atoms with van der Waals surface area (Å²) in [7, 11) is 1.37. The largest absolute Gasteiger partial charge is 0.469 e. The van der Waals surface area contributed by atoms with E-state index in [0.717, 1.165) is 16.8 Å². The number of para-hydroxylation sites is 1. The maximum atomic E-state index is 14.0. The molecule has 1 unspecified atom stereocenters. The van der Waals surface area contributed by atoms with Crippen LogP contribution in [-0.2, 0) is 14.3 Å². The lowest BCUT2D eigenvalue weighted by molar-refractivity contribution is -0.144. The summed E-state index contributed by atoms with van der Waals surface area (Å²) in [6.45, 7) is 3.61. The Morgan fingerprint density at radius 3 is 3.13 bits per heavy atom. The summed E-state index contributed by atoms with van der Waals surface area (Å²) in [5, 5.41) is 0.773. The molecule has 1 atom stereocenters. The zero-order valence-corrected chi connectivity index (χ0v) is 13.2. The van der Waals surface area contributed by atoms with Gasteiger partial charge in [-0.1, -0.05) is 12.1 Å². The molecule has 23 heavy (non-hydrogen) atoms. The molecule has 1 aromatic heterocycles. The Morgan fingerprint density at radius 1 is 1.52 bits per heavy atom. The lowest BCUT2D eigenvalue weighted by atomic mass is 10.1. The number of aryl methyl sites for hydroxylation is 1. The number of halogens is 1. The van der Waals surface area contributed by atoms with Crippen LogP contribution in [0.15, 0.2) is 24.3 Å². The average molecular weight is 318 g/mol. The van der Waals surface area contributed by atoms with Gasteiger partial charge in [0.1, 0.15) is 11.3 Å². The summed E-state index contributed by atoms with van der Waals surface area (Å²) in [6.07, 6.45) is -0.0168. The standard InChI is InChI=1S/C17H19FN2O3/c1-11-8-15(13-4-3-5-14(18)17(13)19-11)20-6-7-23-12(10-20)9-16(21)22-2/h3-5,8,12H,6-7,9-10H2,1-2H3. The highest BCUT2D eigenvalue weighted by molar-refractivity contribution is 5.92. The number of hydrogen-bond donors (Lipinski definition) is 0. The van der Waals surface area contributed by atoms with Gasteiger partial charge in [-0.3, -0.25) is 4.79 Å². The highest BCUT2D eigenvalue weighted by Crippen LogP contribution is 2.29. The van der Waals surface area contributed by atoms with Crippen molar-refractivity contribution in [2.75, 3.05) is 31.7 Å². The van der Waals surface area contributed by atoms with E-state index in [1.165, 1.54) is 13.2 Å². The van der Waals surface area contributed by atoms with Crippen molar-refractivity contribution in [2.45, 2.75) is 19.4 Å². The number of rotatable bonds is 3. The molecular formula is C17H19FN2O3. The summed E-state index contributed by atoms with van der Waals surface area (Å²) in [5.41, 5.74) is 2.05. The summed E-state index contributed by atoms with van der Waals surface area (Å²) in [5.74, 6) is -0.620. The number of nitrogens with zero attached hydrogens (tertiary/aromatic N) is 2. The van der Waals surface area contributed by atoms with Crippen LogP contribution < -0.4 is 4.90 Å². The van der Waals surface area contributed by atoms with E-state index in [1.54, 1.807) is 6.07 Å². The number of esters is 1. The molecular weight excluding hydrogens is 299 g/mol. The highest BCUT2D eigenvalue weighted by atomic mass is 19.1.